The average molecular weight is 391 g/mol. The normalized spacial score (nSPS) is 11.1. The first kappa shape index (κ1) is 19.2. The third-order valence-electron chi connectivity index (χ3n) is 3.92. The molecule has 27 heavy (non-hydrogen) atoms. The van der Waals surface area contributed by atoms with Gasteiger partial charge in [-0.2, -0.15) is 0 Å². The van der Waals surface area contributed by atoms with Gasteiger partial charge in [0, 0.05) is 17.7 Å². The predicted molar refractivity (Wildman–Crippen MR) is 107 cm³/mol. The molecule has 0 aliphatic carbocycles. The first-order valence-corrected chi connectivity index (χ1v) is 9.09. The van der Waals surface area contributed by atoms with E-state index in [9.17, 15) is 0 Å². The van der Waals surface area contributed by atoms with Crippen molar-refractivity contribution in [1.82, 2.24) is 9.97 Å². The average Bonchev–Trinajstić information content (AvgIpc) is 3.05. The van der Waals surface area contributed by atoms with Crippen LogP contribution in [0, 0.1) is 0 Å². The molecule has 0 saturated carbocycles. The maximum Gasteiger partial charge on any atom is 0.180 e. The number of H-pyrrole nitrogens is 1. The van der Waals surface area contributed by atoms with Crippen LogP contribution in [0.25, 0.3) is 22.4 Å². The lowest BCUT2D eigenvalue weighted by Crippen LogP contribution is -2.08. The van der Waals surface area contributed by atoms with E-state index in [1.165, 1.54) is 0 Å². The number of hydrogen-bond donors (Lipinski definition) is 1. The molecule has 0 aliphatic rings. The number of nitrogens with zero attached hydrogens (tertiary/aromatic N) is 1. The Morgan fingerprint density at radius 1 is 1.04 bits per heavy atom. The van der Waals surface area contributed by atoms with Gasteiger partial charge in [0.05, 0.1) is 43.0 Å². The number of methoxy groups -OCH3 is 2. The first-order valence-electron chi connectivity index (χ1n) is 8.71. The highest BCUT2D eigenvalue weighted by Crippen LogP contribution is 2.40. The molecular weight excluding hydrogens is 368 g/mol. The van der Waals surface area contributed by atoms with E-state index < -0.39 is 0 Å². The van der Waals surface area contributed by atoms with E-state index in [1.54, 1.807) is 14.2 Å². The summed E-state index contributed by atoms with van der Waals surface area (Å²) < 4.78 is 22.3. The number of halogens is 1. The number of aromatic amines is 1. The van der Waals surface area contributed by atoms with E-state index in [4.69, 9.17) is 30.5 Å². The molecule has 1 aromatic heterocycles. The highest BCUT2D eigenvalue weighted by atomic mass is 35.5. The van der Waals surface area contributed by atoms with Crippen molar-refractivity contribution in [2.45, 2.75) is 26.9 Å². The molecule has 0 fully saturated rings. The van der Waals surface area contributed by atoms with Gasteiger partial charge in [0.25, 0.3) is 0 Å². The molecule has 6 nitrogen and oxygen atoms in total. The van der Waals surface area contributed by atoms with E-state index in [0.29, 0.717) is 40.5 Å². The minimum absolute atomic E-state index is 0.0151. The SMILES string of the molecule is CCOc1cc(-c2nc3cc(OC)c(OC)cc3[nH]2)cc(Cl)c1OC(C)C. The highest BCUT2D eigenvalue weighted by molar-refractivity contribution is 6.32. The van der Waals surface area contributed by atoms with E-state index in [0.717, 1.165) is 16.6 Å². The van der Waals surface area contributed by atoms with Crippen LogP contribution >= 0.6 is 11.6 Å². The molecule has 1 heterocycles. The Labute approximate surface area is 163 Å². The minimum atomic E-state index is -0.0151. The Balaban J connectivity index is 2.10. The molecular formula is C20H23ClN2O4. The molecule has 0 aliphatic heterocycles. The number of ether oxygens (including phenoxy) is 4. The Hall–Kier alpha value is -2.60. The molecule has 0 radical (unpaired) electrons. The van der Waals surface area contributed by atoms with Gasteiger partial charge in [-0.05, 0) is 32.9 Å². The van der Waals surface area contributed by atoms with Crippen molar-refractivity contribution in [1.29, 1.82) is 0 Å². The summed E-state index contributed by atoms with van der Waals surface area (Å²) >= 11 is 6.47. The number of hydrogen-bond acceptors (Lipinski definition) is 5. The number of aromatic nitrogens is 2. The van der Waals surface area contributed by atoms with Crippen molar-refractivity contribution >= 4 is 22.6 Å². The Morgan fingerprint density at radius 3 is 2.37 bits per heavy atom. The van der Waals surface area contributed by atoms with Crippen molar-refractivity contribution in [3.63, 3.8) is 0 Å². The molecule has 0 bridgehead atoms. The topological polar surface area (TPSA) is 65.6 Å². The van der Waals surface area contributed by atoms with Crippen LogP contribution < -0.4 is 18.9 Å². The van der Waals surface area contributed by atoms with Gasteiger partial charge in [-0.15, -0.1) is 0 Å². The number of fused-ring (bicyclic) bond motifs is 1. The van der Waals surface area contributed by atoms with Gasteiger partial charge in [-0.1, -0.05) is 11.6 Å². The van der Waals surface area contributed by atoms with Crippen LogP contribution in [-0.4, -0.2) is 36.9 Å². The van der Waals surface area contributed by atoms with Gasteiger partial charge < -0.3 is 23.9 Å². The molecule has 1 N–H and O–H groups in total. The molecule has 7 heteroatoms. The number of nitrogens with one attached hydrogen (secondary N) is 1. The third-order valence-corrected chi connectivity index (χ3v) is 4.20. The summed E-state index contributed by atoms with van der Waals surface area (Å²) in [6.07, 6.45) is -0.0151. The maximum absolute atomic E-state index is 6.47. The molecule has 0 spiro atoms. The molecule has 3 rings (SSSR count). The summed E-state index contributed by atoms with van der Waals surface area (Å²) in [6, 6.07) is 7.37. The molecule has 0 unspecified atom stereocenters. The lowest BCUT2D eigenvalue weighted by Gasteiger charge is -2.16. The summed E-state index contributed by atoms with van der Waals surface area (Å²) in [4.78, 5) is 7.95. The molecule has 0 amide bonds. The lowest BCUT2D eigenvalue weighted by atomic mass is 10.2. The largest absolute Gasteiger partial charge is 0.493 e. The molecule has 0 saturated heterocycles. The summed E-state index contributed by atoms with van der Waals surface area (Å²) in [5, 5.41) is 0.472. The fraction of sp³-hybridized carbons (Fsp3) is 0.350. The van der Waals surface area contributed by atoms with Gasteiger partial charge in [-0.25, -0.2) is 4.98 Å². The van der Waals surface area contributed by atoms with Gasteiger partial charge in [0.15, 0.2) is 23.0 Å². The zero-order valence-corrected chi connectivity index (χ0v) is 16.8. The first-order chi connectivity index (χ1) is 13.0. The van der Waals surface area contributed by atoms with Crippen molar-refractivity contribution in [3.8, 4) is 34.4 Å². The summed E-state index contributed by atoms with van der Waals surface area (Å²) in [6.45, 7) is 6.31. The van der Waals surface area contributed by atoms with Crippen molar-refractivity contribution in [2.75, 3.05) is 20.8 Å². The standard InChI is InChI=1S/C20H23ClN2O4/c1-6-26-18-8-12(7-13(21)19(18)27-11(2)3)20-22-14-9-16(24-4)17(25-5)10-15(14)23-20/h7-11H,6H2,1-5H3,(H,22,23). The van der Waals surface area contributed by atoms with Crippen LogP contribution in [0.4, 0.5) is 0 Å². The van der Waals surface area contributed by atoms with Crippen LogP contribution in [0.1, 0.15) is 20.8 Å². The van der Waals surface area contributed by atoms with Crippen molar-refractivity contribution < 1.29 is 18.9 Å². The van der Waals surface area contributed by atoms with Gasteiger partial charge in [0.2, 0.25) is 0 Å². The zero-order valence-electron chi connectivity index (χ0n) is 16.1. The van der Waals surface area contributed by atoms with Crippen LogP contribution in [-0.2, 0) is 0 Å². The third kappa shape index (κ3) is 3.90. The quantitative estimate of drug-likeness (QED) is 0.608. The van der Waals surface area contributed by atoms with Crippen LogP contribution in [0.2, 0.25) is 5.02 Å². The zero-order chi connectivity index (χ0) is 19.6. The van der Waals surface area contributed by atoms with Crippen molar-refractivity contribution in [3.05, 3.63) is 29.3 Å². The monoisotopic (exact) mass is 390 g/mol. The molecule has 0 atom stereocenters. The predicted octanol–water partition coefficient (Wildman–Crippen LogP) is 5.09. The van der Waals surface area contributed by atoms with E-state index in [2.05, 4.69) is 9.97 Å². The van der Waals surface area contributed by atoms with Crippen LogP contribution in [0.5, 0.6) is 23.0 Å². The maximum atomic E-state index is 6.47. The van der Waals surface area contributed by atoms with Gasteiger partial charge in [-0.3, -0.25) is 0 Å². The summed E-state index contributed by atoms with van der Waals surface area (Å²) in [5.41, 5.74) is 2.40. The number of imidazole rings is 1. The Morgan fingerprint density at radius 2 is 1.74 bits per heavy atom. The number of rotatable bonds is 7. The smallest absolute Gasteiger partial charge is 0.180 e. The minimum Gasteiger partial charge on any atom is -0.493 e. The van der Waals surface area contributed by atoms with Crippen LogP contribution in [0.15, 0.2) is 24.3 Å². The van der Waals surface area contributed by atoms with E-state index in [-0.39, 0.29) is 6.10 Å². The lowest BCUT2D eigenvalue weighted by molar-refractivity contribution is 0.224. The Bertz CT molecular complexity index is 912. The molecule has 3 aromatic rings. The number of benzene rings is 2. The van der Waals surface area contributed by atoms with Gasteiger partial charge in [0.1, 0.15) is 5.82 Å². The van der Waals surface area contributed by atoms with Crippen LogP contribution in [0.3, 0.4) is 0 Å². The second-order valence-corrected chi connectivity index (χ2v) is 6.60. The van der Waals surface area contributed by atoms with E-state index in [1.807, 2.05) is 45.0 Å². The van der Waals surface area contributed by atoms with E-state index >= 15 is 0 Å². The second kappa shape index (κ2) is 7.96. The fourth-order valence-corrected chi connectivity index (χ4v) is 3.05. The second-order valence-electron chi connectivity index (χ2n) is 6.19. The van der Waals surface area contributed by atoms with Crippen molar-refractivity contribution in [2.24, 2.45) is 0 Å². The summed E-state index contributed by atoms with van der Waals surface area (Å²) in [7, 11) is 3.20. The highest BCUT2D eigenvalue weighted by Gasteiger charge is 2.17. The molecule has 2 aromatic carbocycles. The van der Waals surface area contributed by atoms with Gasteiger partial charge >= 0.3 is 0 Å². The summed E-state index contributed by atoms with van der Waals surface area (Å²) in [5.74, 6) is 3.05. The fourth-order valence-electron chi connectivity index (χ4n) is 2.79. The Kier molecular flexibility index (Phi) is 5.65. The molecule has 144 valence electrons.